The summed E-state index contributed by atoms with van der Waals surface area (Å²) >= 11 is 0. The number of ketones is 1. The van der Waals surface area contributed by atoms with E-state index in [2.05, 4.69) is 0 Å². The van der Waals surface area contributed by atoms with Crippen molar-refractivity contribution in [2.24, 2.45) is 0 Å². The number of hydrogen-bond donors (Lipinski definition) is 0. The molecule has 0 unspecified atom stereocenters. The first kappa shape index (κ1) is 9.68. The normalized spacial score (nSPS) is 21.2. The van der Waals surface area contributed by atoms with Crippen LogP contribution in [0.15, 0.2) is 0 Å². The van der Waals surface area contributed by atoms with Crippen molar-refractivity contribution in [3.8, 4) is 0 Å². The lowest BCUT2D eigenvalue weighted by Gasteiger charge is -2.25. The van der Waals surface area contributed by atoms with Gasteiger partial charge in [-0.15, -0.1) is 0 Å². The molecule has 12 heavy (non-hydrogen) atoms. The Labute approximate surface area is 73.0 Å². The quantitative estimate of drug-likeness (QED) is 0.644. The standard InChI is InChI=1S/C9H16O3/c1-3-9(5-4-8(2)10)11-6-7-12-9/h3-7H2,1-2H3. The van der Waals surface area contributed by atoms with Gasteiger partial charge in [-0.05, 0) is 13.3 Å². The number of hydrogen-bond acceptors (Lipinski definition) is 3. The van der Waals surface area contributed by atoms with Crippen LogP contribution in [0.2, 0.25) is 0 Å². The molecule has 3 heteroatoms. The van der Waals surface area contributed by atoms with Gasteiger partial charge in [-0.2, -0.15) is 0 Å². The van der Waals surface area contributed by atoms with Crippen LogP contribution in [0.3, 0.4) is 0 Å². The van der Waals surface area contributed by atoms with Crippen molar-refractivity contribution in [2.45, 2.75) is 38.9 Å². The number of rotatable bonds is 4. The van der Waals surface area contributed by atoms with Crippen LogP contribution in [-0.4, -0.2) is 24.8 Å². The lowest BCUT2D eigenvalue weighted by atomic mass is 10.1. The van der Waals surface area contributed by atoms with Gasteiger partial charge in [-0.3, -0.25) is 0 Å². The first-order valence-electron chi connectivity index (χ1n) is 4.46. The largest absolute Gasteiger partial charge is 0.348 e. The highest BCUT2D eigenvalue weighted by molar-refractivity contribution is 5.75. The van der Waals surface area contributed by atoms with E-state index in [1.807, 2.05) is 6.92 Å². The summed E-state index contributed by atoms with van der Waals surface area (Å²) in [6.07, 6.45) is 2.06. The number of ether oxygens (including phenoxy) is 2. The van der Waals surface area contributed by atoms with Crippen molar-refractivity contribution >= 4 is 5.78 Å². The maximum atomic E-state index is 10.7. The fourth-order valence-electron chi connectivity index (χ4n) is 1.39. The molecule has 0 saturated carbocycles. The molecular formula is C9H16O3. The summed E-state index contributed by atoms with van der Waals surface area (Å²) in [4.78, 5) is 10.7. The molecular weight excluding hydrogens is 156 g/mol. The Balaban J connectivity index is 2.39. The molecule has 0 amide bonds. The zero-order valence-corrected chi connectivity index (χ0v) is 7.76. The van der Waals surface area contributed by atoms with Crippen molar-refractivity contribution in [1.29, 1.82) is 0 Å². The van der Waals surface area contributed by atoms with E-state index in [1.165, 1.54) is 0 Å². The summed E-state index contributed by atoms with van der Waals surface area (Å²) in [5, 5.41) is 0. The SMILES string of the molecule is CCC1(CCC(C)=O)OCCO1. The topological polar surface area (TPSA) is 35.5 Å². The molecule has 0 N–H and O–H groups in total. The fraction of sp³-hybridized carbons (Fsp3) is 0.889. The lowest BCUT2D eigenvalue weighted by molar-refractivity contribution is -0.166. The molecule has 70 valence electrons. The summed E-state index contributed by atoms with van der Waals surface area (Å²) in [6.45, 7) is 4.93. The number of carbonyl (C=O) groups is 1. The summed E-state index contributed by atoms with van der Waals surface area (Å²) < 4.78 is 10.9. The molecule has 1 rings (SSSR count). The second kappa shape index (κ2) is 4.01. The molecule has 1 saturated heterocycles. The first-order chi connectivity index (χ1) is 5.68. The molecule has 0 spiro atoms. The van der Waals surface area contributed by atoms with Crippen molar-refractivity contribution in [2.75, 3.05) is 13.2 Å². The highest BCUT2D eigenvalue weighted by Gasteiger charge is 2.34. The predicted octanol–water partition coefficient (Wildman–Crippen LogP) is 1.51. The third-order valence-corrected chi connectivity index (χ3v) is 2.21. The van der Waals surface area contributed by atoms with Gasteiger partial charge < -0.3 is 14.3 Å². The van der Waals surface area contributed by atoms with Gasteiger partial charge in [0, 0.05) is 12.8 Å². The zero-order chi connectivity index (χ0) is 9.03. The van der Waals surface area contributed by atoms with Gasteiger partial charge in [-0.1, -0.05) is 6.92 Å². The van der Waals surface area contributed by atoms with Gasteiger partial charge in [0.1, 0.15) is 5.78 Å². The molecule has 1 fully saturated rings. The summed E-state index contributed by atoms with van der Waals surface area (Å²) in [6, 6.07) is 0. The van der Waals surface area contributed by atoms with E-state index in [1.54, 1.807) is 6.92 Å². The smallest absolute Gasteiger partial charge is 0.168 e. The first-order valence-corrected chi connectivity index (χ1v) is 4.46. The summed E-state index contributed by atoms with van der Waals surface area (Å²) in [5.74, 6) is -0.256. The van der Waals surface area contributed by atoms with Crippen LogP contribution in [0, 0.1) is 0 Å². The minimum absolute atomic E-state index is 0.196. The Morgan fingerprint density at radius 3 is 2.42 bits per heavy atom. The highest BCUT2D eigenvalue weighted by Crippen LogP contribution is 2.28. The van der Waals surface area contributed by atoms with Crippen molar-refractivity contribution in [3.05, 3.63) is 0 Å². The average Bonchev–Trinajstić information content (AvgIpc) is 2.50. The molecule has 0 aromatic heterocycles. The van der Waals surface area contributed by atoms with Crippen LogP contribution in [0.25, 0.3) is 0 Å². The van der Waals surface area contributed by atoms with E-state index in [0.29, 0.717) is 26.1 Å². The minimum Gasteiger partial charge on any atom is -0.348 e. The van der Waals surface area contributed by atoms with E-state index >= 15 is 0 Å². The van der Waals surface area contributed by atoms with Gasteiger partial charge in [0.05, 0.1) is 13.2 Å². The van der Waals surface area contributed by atoms with Crippen LogP contribution in [0.5, 0.6) is 0 Å². The van der Waals surface area contributed by atoms with Crippen molar-refractivity contribution < 1.29 is 14.3 Å². The fourth-order valence-corrected chi connectivity index (χ4v) is 1.39. The van der Waals surface area contributed by atoms with E-state index < -0.39 is 5.79 Å². The molecule has 0 radical (unpaired) electrons. The molecule has 1 aliphatic heterocycles. The van der Waals surface area contributed by atoms with Crippen LogP contribution in [0.1, 0.15) is 33.1 Å². The Bertz CT molecular complexity index is 159. The van der Waals surface area contributed by atoms with Gasteiger partial charge in [0.2, 0.25) is 0 Å². The van der Waals surface area contributed by atoms with Gasteiger partial charge in [-0.25, -0.2) is 0 Å². The van der Waals surface area contributed by atoms with Crippen molar-refractivity contribution in [3.63, 3.8) is 0 Å². The number of Topliss-reactive ketones (excluding diaryl/α,β-unsaturated/α-hetero) is 1. The molecule has 1 heterocycles. The van der Waals surface area contributed by atoms with Gasteiger partial charge in [0.25, 0.3) is 0 Å². The van der Waals surface area contributed by atoms with Gasteiger partial charge in [0.15, 0.2) is 5.79 Å². The Hall–Kier alpha value is -0.410. The van der Waals surface area contributed by atoms with Crippen LogP contribution in [-0.2, 0) is 14.3 Å². The monoisotopic (exact) mass is 172 g/mol. The highest BCUT2D eigenvalue weighted by atomic mass is 16.7. The zero-order valence-electron chi connectivity index (χ0n) is 7.76. The maximum Gasteiger partial charge on any atom is 0.168 e. The Morgan fingerprint density at radius 2 is 2.00 bits per heavy atom. The molecule has 3 nitrogen and oxygen atoms in total. The summed E-state index contributed by atoms with van der Waals surface area (Å²) in [5.41, 5.74) is 0. The molecule has 0 aromatic carbocycles. The average molecular weight is 172 g/mol. The summed E-state index contributed by atoms with van der Waals surface area (Å²) in [7, 11) is 0. The second-order valence-corrected chi connectivity index (χ2v) is 3.16. The second-order valence-electron chi connectivity index (χ2n) is 3.16. The molecule has 0 aliphatic carbocycles. The number of carbonyl (C=O) groups excluding carboxylic acids is 1. The van der Waals surface area contributed by atoms with E-state index in [-0.39, 0.29) is 5.78 Å². The van der Waals surface area contributed by atoms with Crippen LogP contribution < -0.4 is 0 Å². The van der Waals surface area contributed by atoms with Crippen molar-refractivity contribution in [1.82, 2.24) is 0 Å². The third-order valence-electron chi connectivity index (χ3n) is 2.21. The predicted molar refractivity (Wildman–Crippen MR) is 44.8 cm³/mol. The van der Waals surface area contributed by atoms with Crippen LogP contribution in [0.4, 0.5) is 0 Å². The lowest BCUT2D eigenvalue weighted by Crippen LogP contribution is -2.29. The van der Waals surface area contributed by atoms with Crippen LogP contribution >= 0.6 is 0 Å². The molecule has 1 aliphatic rings. The molecule has 0 atom stereocenters. The third kappa shape index (κ3) is 2.29. The molecule has 0 aromatic rings. The van der Waals surface area contributed by atoms with Gasteiger partial charge >= 0.3 is 0 Å². The van der Waals surface area contributed by atoms with E-state index in [0.717, 1.165) is 6.42 Å². The Morgan fingerprint density at radius 1 is 1.42 bits per heavy atom. The van der Waals surface area contributed by atoms with E-state index in [4.69, 9.17) is 9.47 Å². The Kier molecular flexibility index (Phi) is 3.23. The molecule has 0 bridgehead atoms. The van der Waals surface area contributed by atoms with E-state index in [9.17, 15) is 4.79 Å². The maximum absolute atomic E-state index is 10.7. The minimum atomic E-state index is -0.453.